The van der Waals surface area contributed by atoms with Gasteiger partial charge in [0.05, 0.1) is 31.9 Å². The normalized spacial score (nSPS) is 21.1. The summed E-state index contributed by atoms with van der Waals surface area (Å²) in [5.74, 6) is 1.59. The van der Waals surface area contributed by atoms with E-state index < -0.39 is 0 Å². The van der Waals surface area contributed by atoms with E-state index in [2.05, 4.69) is 57.4 Å². The average molecular weight is 551 g/mol. The predicted octanol–water partition coefficient (Wildman–Crippen LogP) is 3.15. The third-order valence-corrected chi connectivity index (χ3v) is 5.81. The van der Waals surface area contributed by atoms with Crippen molar-refractivity contribution < 1.29 is 9.47 Å². The Kier molecular flexibility index (Phi) is 9.55. The van der Waals surface area contributed by atoms with Crippen molar-refractivity contribution in [2.75, 3.05) is 39.4 Å². The molecule has 2 aliphatic rings. The van der Waals surface area contributed by atoms with Gasteiger partial charge >= 0.3 is 0 Å². The summed E-state index contributed by atoms with van der Waals surface area (Å²) >= 11 is 0. The summed E-state index contributed by atoms with van der Waals surface area (Å²) in [5, 5.41) is 3.46. The first-order valence-electron chi connectivity index (χ1n) is 11.3. The topological polar surface area (TPSA) is 62.2 Å². The molecule has 7 nitrogen and oxygen atoms in total. The number of ether oxygens (including phenoxy) is 2. The van der Waals surface area contributed by atoms with Gasteiger partial charge in [-0.05, 0) is 25.5 Å². The molecular weight excluding hydrogens is 517 g/mol. The maximum absolute atomic E-state index is 6.15. The van der Waals surface area contributed by atoms with Gasteiger partial charge in [-0.15, -0.1) is 24.0 Å². The van der Waals surface area contributed by atoms with E-state index in [0.29, 0.717) is 25.1 Å². The van der Waals surface area contributed by atoms with Crippen LogP contribution in [-0.4, -0.2) is 72.3 Å². The van der Waals surface area contributed by atoms with Gasteiger partial charge in [-0.3, -0.25) is 4.90 Å². The van der Waals surface area contributed by atoms with Crippen molar-refractivity contribution in [2.45, 2.75) is 39.1 Å². The number of nitrogens with one attached hydrogen (secondary N) is 1. The minimum Gasteiger partial charge on any atom is -0.478 e. The minimum absolute atomic E-state index is 0. The fourth-order valence-corrected chi connectivity index (χ4v) is 4.34. The van der Waals surface area contributed by atoms with E-state index in [-0.39, 0.29) is 30.1 Å². The number of halogens is 1. The molecule has 2 aliphatic heterocycles. The summed E-state index contributed by atoms with van der Waals surface area (Å²) < 4.78 is 11.8. The number of fused-ring (bicyclic) bond motifs is 1. The van der Waals surface area contributed by atoms with Gasteiger partial charge in [-0.1, -0.05) is 36.4 Å². The van der Waals surface area contributed by atoms with E-state index in [1.165, 1.54) is 5.56 Å². The highest BCUT2D eigenvalue weighted by atomic mass is 127. The van der Waals surface area contributed by atoms with Crippen LogP contribution in [0.5, 0.6) is 5.88 Å². The van der Waals surface area contributed by atoms with Gasteiger partial charge in [0.1, 0.15) is 0 Å². The van der Waals surface area contributed by atoms with Crippen LogP contribution in [0.1, 0.15) is 25.0 Å². The van der Waals surface area contributed by atoms with Gasteiger partial charge in [0.2, 0.25) is 5.88 Å². The number of morpholine rings is 1. The summed E-state index contributed by atoms with van der Waals surface area (Å²) in [6.07, 6.45) is 1.96. The highest BCUT2D eigenvalue weighted by molar-refractivity contribution is 14.0. The number of likely N-dealkylation sites (tertiary alicyclic amines) is 1. The highest BCUT2D eigenvalue weighted by Gasteiger charge is 2.41. The highest BCUT2D eigenvalue weighted by Crippen LogP contribution is 2.25. The van der Waals surface area contributed by atoms with Gasteiger partial charge in [-0.2, -0.15) is 0 Å². The number of hydrogen-bond donors (Lipinski definition) is 1. The molecule has 174 valence electrons. The van der Waals surface area contributed by atoms with Gasteiger partial charge in [0.25, 0.3) is 0 Å². The van der Waals surface area contributed by atoms with Crippen molar-refractivity contribution in [1.29, 1.82) is 0 Å². The summed E-state index contributed by atoms with van der Waals surface area (Å²) in [7, 11) is 0. The second-order valence-electron chi connectivity index (χ2n) is 7.91. The first-order valence-corrected chi connectivity index (χ1v) is 11.3. The largest absolute Gasteiger partial charge is 0.478 e. The fraction of sp³-hybridized carbons (Fsp3) is 0.500. The van der Waals surface area contributed by atoms with E-state index in [0.717, 1.165) is 50.9 Å². The number of aliphatic imine (C=N–C) groups is 1. The summed E-state index contributed by atoms with van der Waals surface area (Å²) in [6, 6.07) is 15.0. The van der Waals surface area contributed by atoms with Crippen LogP contribution in [0, 0.1) is 0 Å². The lowest BCUT2D eigenvalue weighted by Gasteiger charge is -2.36. The Balaban J connectivity index is 0.00000289. The minimum atomic E-state index is 0. The molecule has 1 aromatic carbocycles. The van der Waals surface area contributed by atoms with E-state index in [9.17, 15) is 0 Å². The molecule has 3 heterocycles. The lowest BCUT2D eigenvalue weighted by atomic mass is 10.1. The molecule has 32 heavy (non-hydrogen) atoms. The molecule has 0 spiro atoms. The SMILES string of the molecule is CCNC(=NCc1cccnc1OCC)N1CC2OCCN(Cc3ccccc3)C2C1.I. The molecule has 0 radical (unpaired) electrons. The van der Waals surface area contributed by atoms with Crippen LogP contribution < -0.4 is 10.1 Å². The van der Waals surface area contributed by atoms with Gasteiger partial charge < -0.3 is 19.7 Å². The van der Waals surface area contributed by atoms with E-state index in [4.69, 9.17) is 14.5 Å². The van der Waals surface area contributed by atoms with Crippen molar-refractivity contribution in [3.63, 3.8) is 0 Å². The van der Waals surface area contributed by atoms with Gasteiger partial charge in [0, 0.05) is 44.5 Å². The Labute approximate surface area is 208 Å². The first kappa shape index (κ1) is 24.7. The third-order valence-electron chi connectivity index (χ3n) is 5.81. The monoisotopic (exact) mass is 551 g/mol. The van der Waals surface area contributed by atoms with Crippen LogP contribution in [-0.2, 0) is 17.8 Å². The van der Waals surface area contributed by atoms with Crippen molar-refractivity contribution in [3.8, 4) is 5.88 Å². The quantitative estimate of drug-likeness (QED) is 0.324. The Morgan fingerprint density at radius 3 is 2.81 bits per heavy atom. The molecule has 2 fully saturated rings. The Hall–Kier alpha value is -1.91. The zero-order valence-corrected chi connectivity index (χ0v) is 21.3. The Morgan fingerprint density at radius 1 is 1.19 bits per heavy atom. The molecular formula is C24H34IN5O2. The van der Waals surface area contributed by atoms with Crippen LogP contribution in [0.3, 0.4) is 0 Å². The summed E-state index contributed by atoms with van der Waals surface area (Å²) in [6.45, 7) is 10.5. The molecule has 0 bridgehead atoms. The van der Waals surface area contributed by atoms with Crippen molar-refractivity contribution >= 4 is 29.9 Å². The molecule has 1 aromatic heterocycles. The second kappa shape index (κ2) is 12.4. The standard InChI is InChI=1S/C24H33N5O2.HI/c1-3-25-24(27-15-20-11-8-12-26-23(20)30-4-2)29-17-21-22(18-29)31-14-13-28(21)16-19-9-6-5-7-10-19;/h5-12,21-22H,3-4,13-18H2,1-2H3,(H,25,27);1H. The van der Waals surface area contributed by atoms with Crippen LogP contribution in [0.2, 0.25) is 0 Å². The lowest BCUT2D eigenvalue weighted by molar-refractivity contribution is -0.0502. The average Bonchev–Trinajstić information content (AvgIpc) is 3.24. The molecule has 2 aromatic rings. The predicted molar refractivity (Wildman–Crippen MR) is 138 cm³/mol. The molecule has 0 saturated carbocycles. The van der Waals surface area contributed by atoms with E-state index in [1.807, 2.05) is 19.1 Å². The molecule has 4 rings (SSSR count). The molecule has 2 unspecified atom stereocenters. The van der Waals surface area contributed by atoms with Crippen LogP contribution in [0.4, 0.5) is 0 Å². The maximum atomic E-state index is 6.15. The molecule has 2 atom stereocenters. The van der Waals surface area contributed by atoms with E-state index in [1.54, 1.807) is 6.20 Å². The molecule has 8 heteroatoms. The Morgan fingerprint density at radius 2 is 2.03 bits per heavy atom. The molecule has 2 saturated heterocycles. The van der Waals surface area contributed by atoms with Crippen LogP contribution in [0.25, 0.3) is 0 Å². The summed E-state index contributed by atoms with van der Waals surface area (Å²) in [5.41, 5.74) is 2.35. The number of pyridine rings is 1. The number of rotatable bonds is 7. The molecule has 0 amide bonds. The zero-order chi connectivity index (χ0) is 21.5. The van der Waals surface area contributed by atoms with Crippen molar-refractivity contribution in [2.24, 2.45) is 4.99 Å². The maximum Gasteiger partial charge on any atom is 0.218 e. The second-order valence-corrected chi connectivity index (χ2v) is 7.91. The van der Waals surface area contributed by atoms with Gasteiger partial charge in [0.15, 0.2) is 5.96 Å². The lowest BCUT2D eigenvalue weighted by Crippen LogP contribution is -2.50. The number of hydrogen-bond acceptors (Lipinski definition) is 5. The van der Waals surface area contributed by atoms with E-state index >= 15 is 0 Å². The van der Waals surface area contributed by atoms with Crippen molar-refractivity contribution in [3.05, 3.63) is 59.8 Å². The fourth-order valence-electron chi connectivity index (χ4n) is 4.34. The summed E-state index contributed by atoms with van der Waals surface area (Å²) in [4.78, 5) is 14.1. The Bertz CT molecular complexity index is 866. The third kappa shape index (κ3) is 6.11. The smallest absolute Gasteiger partial charge is 0.218 e. The van der Waals surface area contributed by atoms with Crippen LogP contribution >= 0.6 is 24.0 Å². The number of nitrogens with zero attached hydrogens (tertiary/aromatic N) is 4. The zero-order valence-electron chi connectivity index (χ0n) is 18.9. The molecule has 0 aliphatic carbocycles. The number of benzene rings is 1. The van der Waals surface area contributed by atoms with Crippen LogP contribution in [0.15, 0.2) is 53.7 Å². The van der Waals surface area contributed by atoms with Gasteiger partial charge in [-0.25, -0.2) is 9.98 Å². The number of aromatic nitrogens is 1. The first-order chi connectivity index (χ1) is 15.3. The van der Waals surface area contributed by atoms with Crippen molar-refractivity contribution in [1.82, 2.24) is 20.1 Å². The molecule has 1 N–H and O–H groups in total. The number of guanidine groups is 1.